The molecule has 5 nitrogen and oxygen atoms in total. The lowest BCUT2D eigenvalue weighted by Crippen LogP contribution is -2.21. The Bertz CT molecular complexity index is 1220. The lowest BCUT2D eigenvalue weighted by atomic mass is 10.2. The molecule has 7 heteroatoms. The van der Waals surface area contributed by atoms with Crippen LogP contribution in [0.2, 0.25) is 10.2 Å². The number of fused-ring (bicyclic) bond motifs is 2. The van der Waals surface area contributed by atoms with Gasteiger partial charge in [-0.15, -0.1) is 0 Å². The molecule has 1 aliphatic heterocycles. The average Bonchev–Trinajstić information content (AvgIpc) is 3.29. The van der Waals surface area contributed by atoms with Gasteiger partial charge in [0.05, 0.1) is 16.4 Å². The van der Waals surface area contributed by atoms with Crippen LogP contribution in [0.25, 0.3) is 10.9 Å². The van der Waals surface area contributed by atoms with E-state index >= 15 is 0 Å². The summed E-state index contributed by atoms with van der Waals surface area (Å²) in [6, 6.07) is 15.6. The van der Waals surface area contributed by atoms with Gasteiger partial charge in [-0.1, -0.05) is 29.3 Å². The van der Waals surface area contributed by atoms with Gasteiger partial charge in [-0.3, -0.25) is 4.99 Å². The number of halogens is 2. The first-order valence-corrected chi connectivity index (χ1v) is 9.53. The number of nitrogens with one attached hydrogen (secondary N) is 1. The molecule has 0 saturated heterocycles. The first kappa shape index (κ1) is 17.2. The molecule has 0 amide bonds. The molecule has 0 fully saturated rings. The van der Waals surface area contributed by atoms with Crippen LogP contribution in [0.3, 0.4) is 0 Å². The van der Waals surface area contributed by atoms with Crippen molar-refractivity contribution < 1.29 is 4.74 Å². The maximum atomic E-state index is 6.56. The third kappa shape index (κ3) is 2.75. The minimum absolute atomic E-state index is 0.506. The van der Waals surface area contributed by atoms with E-state index in [-0.39, 0.29) is 0 Å². The number of nitrogens with zero attached hydrogens (tertiary/aromatic N) is 3. The van der Waals surface area contributed by atoms with E-state index in [4.69, 9.17) is 27.9 Å². The zero-order valence-electron chi connectivity index (χ0n) is 15.0. The van der Waals surface area contributed by atoms with Crippen LogP contribution in [-0.4, -0.2) is 22.4 Å². The largest absolute Gasteiger partial charge is 0.455 e. The lowest BCUT2D eigenvalue weighted by molar-refractivity contribution is 0.488. The fraction of sp³-hybridized carbons (Fsp3) is 0.0952. The first-order valence-electron chi connectivity index (χ1n) is 8.78. The molecule has 0 bridgehead atoms. The zero-order chi connectivity index (χ0) is 19.3. The highest BCUT2D eigenvalue weighted by atomic mass is 35.5. The average molecular weight is 411 g/mol. The number of benzene rings is 2. The minimum Gasteiger partial charge on any atom is -0.455 e. The van der Waals surface area contributed by atoms with Crippen LogP contribution in [0.5, 0.6) is 11.5 Å². The van der Waals surface area contributed by atoms with Gasteiger partial charge in [0, 0.05) is 36.0 Å². The maximum absolute atomic E-state index is 6.56. The second-order valence-corrected chi connectivity index (χ2v) is 7.38. The Hall–Kier alpha value is -2.89. The highest BCUT2D eigenvalue weighted by Gasteiger charge is 2.21. The molecule has 0 atom stereocenters. The highest BCUT2D eigenvalue weighted by molar-refractivity contribution is 6.32. The van der Waals surface area contributed by atoms with Crippen molar-refractivity contribution in [1.29, 1.82) is 0 Å². The highest BCUT2D eigenvalue weighted by Crippen LogP contribution is 2.39. The van der Waals surface area contributed by atoms with Gasteiger partial charge in [0.2, 0.25) is 0 Å². The lowest BCUT2D eigenvalue weighted by Gasteiger charge is -2.26. The summed E-state index contributed by atoms with van der Waals surface area (Å²) >= 11 is 12.8. The van der Waals surface area contributed by atoms with E-state index in [0.29, 0.717) is 22.6 Å². The molecule has 1 N–H and O–H groups in total. The SMILES string of the molecule is Cn1c(Cl)cc2c1C=NCN2c1ccc(Oc2cccc3[nH]ccc23)c(Cl)c1. The monoisotopic (exact) mass is 410 g/mol. The summed E-state index contributed by atoms with van der Waals surface area (Å²) in [5, 5.41) is 2.20. The topological polar surface area (TPSA) is 45.5 Å². The van der Waals surface area contributed by atoms with Crippen molar-refractivity contribution in [2.45, 2.75) is 0 Å². The van der Waals surface area contributed by atoms with Crippen LogP contribution >= 0.6 is 23.2 Å². The Labute approximate surface area is 171 Å². The molecular weight excluding hydrogens is 395 g/mol. The number of hydrogen-bond donors (Lipinski definition) is 1. The Balaban J connectivity index is 1.49. The van der Waals surface area contributed by atoms with Crippen molar-refractivity contribution in [2.24, 2.45) is 12.0 Å². The molecule has 4 aromatic rings. The Kier molecular flexibility index (Phi) is 4.07. The fourth-order valence-corrected chi connectivity index (χ4v) is 3.86. The van der Waals surface area contributed by atoms with E-state index in [1.807, 2.05) is 72.6 Å². The summed E-state index contributed by atoms with van der Waals surface area (Å²) in [6.07, 6.45) is 3.73. The van der Waals surface area contributed by atoms with E-state index in [0.717, 1.165) is 33.7 Å². The second kappa shape index (κ2) is 6.62. The summed E-state index contributed by atoms with van der Waals surface area (Å²) in [5.74, 6) is 1.36. The summed E-state index contributed by atoms with van der Waals surface area (Å²) in [6.45, 7) is 0.506. The van der Waals surface area contributed by atoms with Gasteiger partial charge in [0.25, 0.3) is 0 Å². The van der Waals surface area contributed by atoms with Crippen molar-refractivity contribution in [3.05, 3.63) is 70.6 Å². The van der Waals surface area contributed by atoms with Crippen molar-refractivity contribution in [3.8, 4) is 11.5 Å². The number of rotatable bonds is 3. The predicted molar refractivity (Wildman–Crippen MR) is 115 cm³/mol. The van der Waals surface area contributed by atoms with E-state index < -0.39 is 0 Å². The fourth-order valence-electron chi connectivity index (χ4n) is 3.45. The third-order valence-electron chi connectivity index (χ3n) is 4.93. The molecule has 3 heterocycles. The molecule has 0 unspecified atom stereocenters. The molecule has 2 aromatic heterocycles. The summed E-state index contributed by atoms with van der Waals surface area (Å²) < 4.78 is 8.00. The number of ether oxygens (including phenoxy) is 1. The first-order chi connectivity index (χ1) is 13.6. The number of aromatic amines is 1. The molecule has 2 aromatic carbocycles. The standard InChI is InChI=1S/C21H16Cl2N4O/c1-26-18-11-24-12-27(17(18)10-21(26)23)13-5-6-20(15(22)9-13)28-19-4-2-3-16-14(19)7-8-25-16/h2-11,25H,12H2,1H3. The van der Waals surface area contributed by atoms with Crippen LogP contribution in [0.4, 0.5) is 11.4 Å². The molecule has 140 valence electrons. The van der Waals surface area contributed by atoms with Crippen LogP contribution in [0.1, 0.15) is 5.69 Å². The smallest absolute Gasteiger partial charge is 0.146 e. The minimum atomic E-state index is 0.506. The quantitative estimate of drug-likeness (QED) is 0.441. The summed E-state index contributed by atoms with van der Waals surface area (Å²) in [5.41, 5.74) is 3.92. The predicted octanol–water partition coefficient (Wildman–Crippen LogP) is 6.13. The van der Waals surface area contributed by atoms with Gasteiger partial charge < -0.3 is 19.2 Å². The molecule has 28 heavy (non-hydrogen) atoms. The van der Waals surface area contributed by atoms with Gasteiger partial charge in [-0.05, 0) is 42.5 Å². The van der Waals surface area contributed by atoms with Gasteiger partial charge >= 0.3 is 0 Å². The van der Waals surface area contributed by atoms with E-state index in [9.17, 15) is 0 Å². The number of aromatic nitrogens is 2. The molecular formula is C21H16Cl2N4O. The van der Waals surface area contributed by atoms with Crippen molar-refractivity contribution >= 4 is 51.7 Å². The van der Waals surface area contributed by atoms with E-state index in [1.54, 1.807) is 0 Å². The molecule has 0 radical (unpaired) electrons. The Morgan fingerprint density at radius 3 is 2.82 bits per heavy atom. The Morgan fingerprint density at radius 2 is 1.96 bits per heavy atom. The molecule has 1 aliphatic rings. The van der Waals surface area contributed by atoms with Crippen LogP contribution in [0.15, 0.2) is 59.7 Å². The van der Waals surface area contributed by atoms with Crippen LogP contribution in [-0.2, 0) is 7.05 Å². The Morgan fingerprint density at radius 1 is 1.07 bits per heavy atom. The maximum Gasteiger partial charge on any atom is 0.146 e. The summed E-state index contributed by atoms with van der Waals surface area (Å²) in [4.78, 5) is 9.70. The van der Waals surface area contributed by atoms with E-state index in [2.05, 4.69) is 14.9 Å². The molecule has 0 aliphatic carbocycles. The number of aliphatic imine (C=N–C) groups is 1. The number of H-pyrrole nitrogens is 1. The zero-order valence-corrected chi connectivity index (χ0v) is 16.5. The summed E-state index contributed by atoms with van der Waals surface area (Å²) in [7, 11) is 1.92. The normalized spacial score (nSPS) is 13.2. The van der Waals surface area contributed by atoms with Crippen LogP contribution < -0.4 is 9.64 Å². The van der Waals surface area contributed by atoms with Crippen molar-refractivity contribution in [3.63, 3.8) is 0 Å². The van der Waals surface area contributed by atoms with Crippen molar-refractivity contribution in [2.75, 3.05) is 11.6 Å². The number of hydrogen-bond acceptors (Lipinski definition) is 3. The second-order valence-electron chi connectivity index (χ2n) is 6.59. The number of anilines is 2. The molecule has 0 saturated carbocycles. The molecule has 5 rings (SSSR count). The van der Waals surface area contributed by atoms with Gasteiger partial charge in [0.1, 0.15) is 23.3 Å². The van der Waals surface area contributed by atoms with Gasteiger partial charge in [-0.2, -0.15) is 0 Å². The van der Waals surface area contributed by atoms with Crippen LogP contribution in [0, 0.1) is 0 Å². The third-order valence-corrected chi connectivity index (χ3v) is 5.59. The molecule has 0 spiro atoms. The van der Waals surface area contributed by atoms with Gasteiger partial charge in [0.15, 0.2) is 0 Å². The van der Waals surface area contributed by atoms with Gasteiger partial charge in [-0.25, -0.2) is 0 Å². The van der Waals surface area contributed by atoms with Crippen molar-refractivity contribution in [1.82, 2.24) is 9.55 Å². The van der Waals surface area contributed by atoms with E-state index in [1.165, 1.54) is 0 Å².